The van der Waals surface area contributed by atoms with Gasteiger partial charge in [0.1, 0.15) is 0 Å². The molecule has 4 heteroatoms. The number of guanidine groups is 1. The minimum Gasteiger partial charge on any atom is -0.354 e. The molecule has 0 radical (unpaired) electrons. The largest absolute Gasteiger partial charge is 0.354 e. The van der Waals surface area contributed by atoms with Gasteiger partial charge < -0.3 is 10.6 Å². The second-order valence-electron chi connectivity index (χ2n) is 6.43. The highest BCUT2D eigenvalue weighted by molar-refractivity contribution is 5.83. The molecule has 1 atom stereocenters. The van der Waals surface area contributed by atoms with Crippen LogP contribution in [0.25, 0.3) is 10.9 Å². The molecule has 1 aromatic carbocycles. The van der Waals surface area contributed by atoms with Gasteiger partial charge in [0.2, 0.25) is 0 Å². The predicted molar refractivity (Wildman–Crippen MR) is 98.6 cm³/mol. The maximum atomic E-state index is 4.49. The van der Waals surface area contributed by atoms with Gasteiger partial charge in [-0.15, -0.1) is 0 Å². The van der Waals surface area contributed by atoms with Crippen LogP contribution in [0.3, 0.4) is 0 Å². The number of nitrogens with one attached hydrogen (secondary N) is 2. The van der Waals surface area contributed by atoms with Gasteiger partial charge in [0, 0.05) is 31.2 Å². The van der Waals surface area contributed by atoms with Crippen LogP contribution >= 0.6 is 0 Å². The Balaban J connectivity index is 1.95. The zero-order valence-electron chi connectivity index (χ0n) is 14.6. The van der Waals surface area contributed by atoms with Crippen molar-refractivity contribution in [3.63, 3.8) is 0 Å². The molecule has 0 fully saturated rings. The van der Waals surface area contributed by atoms with Crippen molar-refractivity contribution in [2.45, 2.75) is 46.2 Å². The minimum absolute atomic E-state index is 0.411. The Hall–Kier alpha value is -2.10. The van der Waals surface area contributed by atoms with Gasteiger partial charge in [0.25, 0.3) is 0 Å². The summed E-state index contributed by atoms with van der Waals surface area (Å²) in [5, 5.41) is 8.02. The van der Waals surface area contributed by atoms with Crippen LogP contribution in [-0.4, -0.2) is 24.0 Å². The van der Waals surface area contributed by atoms with E-state index < -0.39 is 0 Å². The van der Waals surface area contributed by atoms with Gasteiger partial charge in [-0.3, -0.25) is 9.98 Å². The normalized spacial score (nSPS) is 13.3. The van der Waals surface area contributed by atoms with E-state index in [-0.39, 0.29) is 0 Å². The molecule has 23 heavy (non-hydrogen) atoms. The maximum absolute atomic E-state index is 4.49. The fourth-order valence-electron chi connectivity index (χ4n) is 2.57. The number of hydrogen-bond donors (Lipinski definition) is 2. The summed E-state index contributed by atoms with van der Waals surface area (Å²) in [5.41, 5.74) is 2.23. The molecular weight excluding hydrogens is 284 g/mol. The average Bonchev–Trinajstić information content (AvgIpc) is 2.56. The molecule has 124 valence electrons. The van der Waals surface area contributed by atoms with Gasteiger partial charge in [-0.2, -0.15) is 0 Å². The summed E-state index contributed by atoms with van der Waals surface area (Å²) in [6.07, 6.45) is 4.21. The summed E-state index contributed by atoms with van der Waals surface area (Å²) >= 11 is 0. The van der Waals surface area contributed by atoms with Crippen molar-refractivity contribution in [1.29, 1.82) is 0 Å². The van der Waals surface area contributed by atoms with Crippen molar-refractivity contribution in [2.75, 3.05) is 7.05 Å². The first-order chi connectivity index (χ1) is 11.1. The van der Waals surface area contributed by atoms with Crippen LogP contribution < -0.4 is 10.6 Å². The Morgan fingerprint density at radius 3 is 2.65 bits per heavy atom. The molecule has 0 aliphatic heterocycles. The molecule has 2 rings (SSSR count). The first-order valence-corrected chi connectivity index (χ1v) is 8.40. The molecule has 0 saturated carbocycles. The fraction of sp³-hybridized carbons (Fsp3) is 0.474. The van der Waals surface area contributed by atoms with Crippen LogP contribution in [0, 0.1) is 5.92 Å². The third-order valence-corrected chi connectivity index (χ3v) is 3.95. The predicted octanol–water partition coefficient (Wildman–Crippen LogP) is 3.72. The molecule has 2 N–H and O–H groups in total. The van der Waals surface area contributed by atoms with Gasteiger partial charge in [0.15, 0.2) is 5.96 Å². The van der Waals surface area contributed by atoms with Crippen LogP contribution in [0.15, 0.2) is 41.5 Å². The number of aliphatic imine (C=N–C) groups is 1. The first kappa shape index (κ1) is 17.3. The quantitative estimate of drug-likeness (QED) is 0.631. The second-order valence-corrected chi connectivity index (χ2v) is 6.43. The van der Waals surface area contributed by atoms with Gasteiger partial charge in [-0.25, -0.2) is 0 Å². The van der Waals surface area contributed by atoms with E-state index >= 15 is 0 Å². The summed E-state index contributed by atoms with van der Waals surface area (Å²) in [7, 11) is 1.81. The number of fused-ring (bicyclic) bond motifs is 1. The highest BCUT2D eigenvalue weighted by Crippen LogP contribution is 2.15. The standard InChI is InChI=1S/C19H28N4/c1-14(2)10-11-15(3)23-19(20-4)22-13-17-8-5-7-16-9-6-12-21-18(16)17/h5-9,12,14-15H,10-11,13H2,1-4H3,(H2,20,22,23). The monoisotopic (exact) mass is 312 g/mol. The molecule has 1 heterocycles. The average molecular weight is 312 g/mol. The van der Waals surface area contributed by atoms with Gasteiger partial charge in [0.05, 0.1) is 5.52 Å². The van der Waals surface area contributed by atoms with Crippen LogP contribution in [0.4, 0.5) is 0 Å². The van der Waals surface area contributed by atoms with Crippen LogP contribution in [0.1, 0.15) is 39.2 Å². The van der Waals surface area contributed by atoms with Crippen molar-refractivity contribution in [2.24, 2.45) is 10.9 Å². The van der Waals surface area contributed by atoms with Crippen LogP contribution in [0.2, 0.25) is 0 Å². The second kappa shape index (κ2) is 8.51. The Morgan fingerprint density at radius 1 is 1.13 bits per heavy atom. The SMILES string of the molecule is CN=C(NCc1cccc2cccnc12)NC(C)CCC(C)C. The van der Waals surface area contributed by atoms with E-state index in [1.807, 2.05) is 19.3 Å². The molecule has 0 aliphatic carbocycles. The highest BCUT2D eigenvalue weighted by atomic mass is 15.2. The van der Waals surface area contributed by atoms with Crippen molar-refractivity contribution in [1.82, 2.24) is 15.6 Å². The van der Waals surface area contributed by atoms with Crippen LogP contribution in [0.5, 0.6) is 0 Å². The lowest BCUT2D eigenvalue weighted by Crippen LogP contribution is -2.42. The molecule has 0 bridgehead atoms. The van der Waals surface area contributed by atoms with E-state index in [2.05, 4.69) is 65.6 Å². The third kappa shape index (κ3) is 5.23. The zero-order valence-corrected chi connectivity index (χ0v) is 14.6. The first-order valence-electron chi connectivity index (χ1n) is 8.40. The lowest BCUT2D eigenvalue weighted by Gasteiger charge is -2.19. The summed E-state index contributed by atoms with van der Waals surface area (Å²) < 4.78 is 0. The summed E-state index contributed by atoms with van der Waals surface area (Å²) in [6, 6.07) is 10.7. The molecule has 4 nitrogen and oxygen atoms in total. The molecular formula is C19H28N4. The topological polar surface area (TPSA) is 49.3 Å². The van der Waals surface area contributed by atoms with Gasteiger partial charge in [-0.05, 0) is 37.3 Å². The Morgan fingerprint density at radius 2 is 1.91 bits per heavy atom. The van der Waals surface area contributed by atoms with E-state index in [9.17, 15) is 0 Å². The van der Waals surface area contributed by atoms with E-state index in [0.717, 1.165) is 23.8 Å². The Kier molecular flexibility index (Phi) is 6.39. The summed E-state index contributed by atoms with van der Waals surface area (Å²) in [4.78, 5) is 8.82. The van der Waals surface area contributed by atoms with E-state index in [0.29, 0.717) is 12.6 Å². The van der Waals surface area contributed by atoms with Crippen LogP contribution in [-0.2, 0) is 6.54 Å². The number of benzene rings is 1. The van der Waals surface area contributed by atoms with E-state index in [4.69, 9.17) is 0 Å². The summed E-state index contributed by atoms with van der Waals surface area (Å²) in [5.74, 6) is 1.57. The Labute approximate surface area is 139 Å². The van der Waals surface area contributed by atoms with Crippen molar-refractivity contribution in [3.05, 3.63) is 42.1 Å². The van der Waals surface area contributed by atoms with Crippen molar-refractivity contribution < 1.29 is 0 Å². The van der Waals surface area contributed by atoms with Gasteiger partial charge in [-0.1, -0.05) is 38.1 Å². The smallest absolute Gasteiger partial charge is 0.191 e. The molecule has 1 aromatic heterocycles. The number of para-hydroxylation sites is 1. The Bertz CT molecular complexity index is 643. The molecule has 0 amide bonds. The third-order valence-electron chi connectivity index (χ3n) is 3.95. The molecule has 1 unspecified atom stereocenters. The lowest BCUT2D eigenvalue weighted by atomic mass is 10.0. The summed E-state index contributed by atoms with van der Waals surface area (Å²) in [6.45, 7) is 7.43. The van der Waals surface area contributed by atoms with E-state index in [1.165, 1.54) is 17.4 Å². The highest BCUT2D eigenvalue weighted by Gasteiger charge is 2.07. The zero-order chi connectivity index (χ0) is 16.7. The molecule has 0 spiro atoms. The number of aromatic nitrogens is 1. The minimum atomic E-state index is 0.411. The lowest BCUT2D eigenvalue weighted by molar-refractivity contribution is 0.489. The van der Waals surface area contributed by atoms with Crippen molar-refractivity contribution in [3.8, 4) is 0 Å². The fourth-order valence-corrected chi connectivity index (χ4v) is 2.57. The molecule has 0 saturated heterocycles. The number of nitrogens with zero attached hydrogens (tertiary/aromatic N) is 2. The van der Waals surface area contributed by atoms with Crippen molar-refractivity contribution >= 4 is 16.9 Å². The number of rotatable bonds is 6. The molecule has 2 aromatic rings. The van der Waals surface area contributed by atoms with E-state index in [1.54, 1.807) is 0 Å². The molecule has 0 aliphatic rings. The number of pyridine rings is 1. The number of hydrogen-bond acceptors (Lipinski definition) is 2. The van der Waals surface area contributed by atoms with Gasteiger partial charge >= 0.3 is 0 Å². The maximum Gasteiger partial charge on any atom is 0.191 e.